The van der Waals surface area contributed by atoms with Gasteiger partial charge < -0.3 is 5.73 Å². The van der Waals surface area contributed by atoms with E-state index < -0.39 is 0 Å². The van der Waals surface area contributed by atoms with Crippen molar-refractivity contribution in [3.63, 3.8) is 0 Å². The number of nitriles is 1. The number of thiophene rings is 1. The van der Waals surface area contributed by atoms with Crippen LogP contribution in [-0.4, -0.2) is 0 Å². The number of halogens is 1. The third-order valence-electron chi connectivity index (χ3n) is 2.00. The second-order valence-corrected chi connectivity index (χ2v) is 4.50. The fraction of sp³-hybridized carbons (Fsp3) is 0. The maximum atomic E-state index is 8.71. The van der Waals surface area contributed by atoms with Crippen LogP contribution in [0.3, 0.4) is 0 Å². The Hall–Kier alpha value is -1.50. The van der Waals surface area contributed by atoms with Crippen LogP contribution in [0.2, 0.25) is 5.02 Å². The number of nitrogens with zero attached hydrogens (tertiary/aromatic N) is 1. The van der Waals surface area contributed by atoms with E-state index in [2.05, 4.69) is 6.07 Å². The minimum Gasteiger partial charge on any atom is -0.398 e. The Morgan fingerprint density at radius 2 is 2.07 bits per heavy atom. The van der Waals surface area contributed by atoms with E-state index >= 15 is 0 Å². The molecule has 0 saturated heterocycles. The normalized spacial score (nSPS) is 9.87. The third-order valence-corrected chi connectivity index (χ3v) is 3.38. The lowest BCUT2D eigenvalue weighted by Crippen LogP contribution is -1.85. The quantitative estimate of drug-likeness (QED) is 0.768. The number of anilines is 1. The van der Waals surface area contributed by atoms with Gasteiger partial charge in [-0.3, -0.25) is 0 Å². The van der Waals surface area contributed by atoms with Gasteiger partial charge in [0.05, 0.1) is 10.7 Å². The van der Waals surface area contributed by atoms with E-state index in [1.165, 1.54) is 11.3 Å². The van der Waals surface area contributed by atoms with E-state index in [-0.39, 0.29) is 0 Å². The average molecular weight is 235 g/mol. The lowest BCUT2D eigenvalue weighted by atomic mass is 10.2. The van der Waals surface area contributed by atoms with Crippen LogP contribution < -0.4 is 5.73 Å². The first-order chi connectivity index (χ1) is 7.20. The summed E-state index contributed by atoms with van der Waals surface area (Å²) in [6.45, 7) is 0. The van der Waals surface area contributed by atoms with Crippen molar-refractivity contribution in [2.24, 2.45) is 0 Å². The molecule has 0 unspecified atom stereocenters. The smallest absolute Gasteiger partial charge is 0.110 e. The van der Waals surface area contributed by atoms with E-state index in [1.54, 1.807) is 12.1 Å². The van der Waals surface area contributed by atoms with E-state index in [0.717, 1.165) is 10.4 Å². The van der Waals surface area contributed by atoms with Crippen LogP contribution in [0.25, 0.3) is 10.4 Å². The van der Waals surface area contributed by atoms with Crippen molar-refractivity contribution in [3.8, 4) is 16.5 Å². The highest BCUT2D eigenvalue weighted by Crippen LogP contribution is 2.31. The van der Waals surface area contributed by atoms with E-state index in [0.29, 0.717) is 15.6 Å². The van der Waals surface area contributed by atoms with E-state index in [9.17, 15) is 0 Å². The lowest BCUT2D eigenvalue weighted by molar-refractivity contribution is 1.52. The molecule has 0 fully saturated rings. The standard InChI is InChI=1S/C11H7ClN2S/c12-9-3-1-7(5-10(9)14)11-4-2-8(6-13)15-11/h1-5H,14H2. The Kier molecular flexibility index (Phi) is 2.63. The topological polar surface area (TPSA) is 49.8 Å². The molecule has 0 aliphatic rings. The van der Waals surface area contributed by atoms with Crippen molar-refractivity contribution in [2.45, 2.75) is 0 Å². The van der Waals surface area contributed by atoms with Crippen molar-refractivity contribution in [2.75, 3.05) is 5.73 Å². The number of nitrogen functional groups attached to an aromatic ring is 1. The SMILES string of the molecule is N#Cc1ccc(-c2ccc(Cl)c(N)c2)s1. The van der Waals surface area contributed by atoms with Crippen molar-refractivity contribution in [3.05, 3.63) is 40.2 Å². The fourth-order valence-electron chi connectivity index (χ4n) is 1.25. The highest BCUT2D eigenvalue weighted by Gasteiger charge is 2.04. The van der Waals surface area contributed by atoms with Gasteiger partial charge in [0.1, 0.15) is 10.9 Å². The van der Waals surface area contributed by atoms with E-state index in [1.807, 2.05) is 18.2 Å². The van der Waals surface area contributed by atoms with Gasteiger partial charge in [0.2, 0.25) is 0 Å². The molecule has 0 aliphatic heterocycles. The minimum atomic E-state index is 0.552. The molecule has 15 heavy (non-hydrogen) atoms. The van der Waals surface area contributed by atoms with Gasteiger partial charge in [-0.05, 0) is 29.8 Å². The van der Waals surface area contributed by atoms with Gasteiger partial charge in [-0.1, -0.05) is 17.7 Å². The molecule has 2 N–H and O–H groups in total. The maximum Gasteiger partial charge on any atom is 0.110 e. The van der Waals surface area contributed by atoms with Crippen LogP contribution in [0.5, 0.6) is 0 Å². The average Bonchev–Trinajstić information content (AvgIpc) is 2.70. The predicted molar refractivity (Wildman–Crippen MR) is 63.9 cm³/mol. The lowest BCUT2D eigenvalue weighted by Gasteiger charge is -2.00. The number of rotatable bonds is 1. The zero-order valence-electron chi connectivity index (χ0n) is 7.70. The van der Waals surface area contributed by atoms with Gasteiger partial charge >= 0.3 is 0 Å². The Labute approximate surface area is 96.5 Å². The molecule has 0 atom stereocenters. The summed E-state index contributed by atoms with van der Waals surface area (Å²) < 4.78 is 0. The number of benzene rings is 1. The van der Waals surface area contributed by atoms with Gasteiger partial charge in [0.25, 0.3) is 0 Å². The second kappa shape index (κ2) is 3.93. The Bertz CT molecular complexity index is 540. The largest absolute Gasteiger partial charge is 0.398 e. The summed E-state index contributed by atoms with van der Waals surface area (Å²) in [6.07, 6.45) is 0. The molecule has 1 heterocycles. The van der Waals surface area contributed by atoms with Crippen LogP contribution in [-0.2, 0) is 0 Å². The van der Waals surface area contributed by atoms with Crippen LogP contribution in [0, 0.1) is 11.3 Å². The van der Waals surface area contributed by atoms with Crippen LogP contribution >= 0.6 is 22.9 Å². The summed E-state index contributed by atoms with van der Waals surface area (Å²) >= 11 is 7.27. The maximum absolute atomic E-state index is 8.71. The van der Waals surface area contributed by atoms with Crippen molar-refractivity contribution in [1.29, 1.82) is 5.26 Å². The number of nitrogens with two attached hydrogens (primary N) is 1. The minimum absolute atomic E-state index is 0.552. The van der Waals surface area contributed by atoms with Gasteiger partial charge in [0, 0.05) is 4.88 Å². The van der Waals surface area contributed by atoms with Crippen LogP contribution in [0.15, 0.2) is 30.3 Å². The van der Waals surface area contributed by atoms with Crippen molar-refractivity contribution >= 4 is 28.6 Å². The second-order valence-electron chi connectivity index (χ2n) is 3.01. The molecule has 0 bridgehead atoms. The van der Waals surface area contributed by atoms with Crippen LogP contribution in [0.4, 0.5) is 5.69 Å². The highest BCUT2D eigenvalue weighted by molar-refractivity contribution is 7.16. The summed E-state index contributed by atoms with van der Waals surface area (Å²) in [7, 11) is 0. The monoisotopic (exact) mass is 234 g/mol. The molecule has 2 nitrogen and oxygen atoms in total. The van der Waals surface area contributed by atoms with Gasteiger partial charge in [-0.2, -0.15) is 5.26 Å². The van der Waals surface area contributed by atoms with Gasteiger partial charge in [-0.25, -0.2) is 0 Å². The number of hydrogen-bond acceptors (Lipinski definition) is 3. The molecule has 4 heteroatoms. The molecule has 1 aromatic carbocycles. The summed E-state index contributed by atoms with van der Waals surface area (Å²) in [5, 5.41) is 9.26. The number of hydrogen-bond donors (Lipinski definition) is 1. The Morgan fingerprint density at radius 1 is 1.27 bits per heavy atom. The van der Waals surface area contributed by atoms with Crippen molar-refractivity contribution in [1.82, 2.24) is 0 Å². The molecule has 0 spiro atoms. The first-order valence-electron chi connectivity index (χ1n) is 4.26. The first kappa shape index (κ1) is 10.0. The molecule has 0 saturated carbocycles. The molecule has 0 amide bonds. The summed E-state index contributed by atoms with van der Waals surface area (Å²) in [5.41, 5.74) is 7.25. The summed E-state index contributed by atoms with van der Waals surface area (Å²) in [5.74, 6) is 0. The van der Waals surface area contributed by atoms with Crippen LogP contribution in [0.1, 0.15) is 4.88 Å². The Morgan fingerprint density at radius 3 is 2.67 bits per heavy atom. The molecular weight excluding hydrogens is 228 g/mol. The zero-order valence-corrected chi connectivity index (χ0v) is 9.27. The molecule has 2 aromatic rings. The zero-order chi connectivity index (χ0) is 10.8. The molecule has 2 rings (SSSR count). The first-order valence-corrected chi connectivity index (χ1v) is 5.45. The summed E-state index contributed by atoms with van der Waals surface area (Å²) in [6, 6.07) is 11.3. The molecule has 1 aromatic heterocycles. The molecule has 0 aliphatic carbocycles. The third kappa shape index (κ3) is 1.96. The fourth-order valence-corrected chi connectivity index (χ4v) is 2.17. The highest BCUT2D eigenvalue weighted by atomic mass is 35.5. The Balaban J connectivity index is 2.46. The van der Waals surface area contributed by atoms with E-state index in [4.69, 9.17) is 22.6 Å². The summed E-state index contributed by atoms with van der Waals surface area (Å²) in [4.78, 5) is 1.72. The molecule has 0 radical (unpaired) electrons. The predicted octanol–water partition coefficient (Wildman–Crippen LogP) is 3.52. The van der Waals surface area contributed by atoms with Gasteiger partial charge in [-0.15, -0.1) is 11.3 Å². The van der Waals surface area contributed by atoms with Gasteiger partial charge in [0.15, 0.2) is 0 Å². The van der Waals surface area contributed by atoms with Crippen molar-refractivity contribution < 1.29 is 0 Å². The molecule has 74 valence electrons. The molecular formula is C11H7ClN2S.